The fourth-order valence-corrected chi connectivity index (χ4v) is 2.20. The van der Waals surface area contributed by atoms with Crippen LogP contribution in [0.25, 0.3) is 0 Å². The Morgan fingerprint density at radius 2 is 1.61 bits per heavy atom. The molecule has 0 spiro atoms. The molecule has 0 heterocycles. The fourth-order valence-electron chi connectivity index (χ4n) is 2.08. The van der Waals surface area contributed by atoms with E-state index in [0.717, 1.165) is 5.56 Å². The average molecular weight is 335 g/mol. The molecular weight excluding hydrogens is 316 g/mol. The first kappa shape index (κ1) is 17.0. The molecular formula is C17H19ClN2O3. The number of hydrogen-bond acceptors (Lipinski definition) is 3. The van der Waals surface area contributed by atoms with E-state index in [1.165, 1.54) is 0 Å². The van der Waals surface area contributed by atoms with Crippen LogP contribution in [0, 0.1) is 0 Å². The second kappa shape index (κ2) is 7.74. The number of halogens is 1. The monoisotopic (exact) mass is 334 g/mol. The van der Waals surface area contributed by atoms with Gasteiger partial charge in [0.1, 0.15) is 11.5 Å². The fraction of sp³-hybridized carbons (Fsp3) is 0.235. The van der Waals surface area contributed by atoms with Crippen molar-refractivity contribution < 1.29 is 14.3 Å². The van der Waals surface area contributed by atoms with E-state index < -0.39 is 0 Å². The highest BCUT2D eigenvalue weighted by molar-refractivity contribution is 6.30. The number of benzene rings is 2. The van der Waals surface area contributed by atoms with Crippen LogP contribution >= 0.6 is 11.6 Å². The summed E-state index contributed by atoms with van der Waals surface area (Å²) in [6.45, 7) is 1.90. The van der Waals surface area contributed by atoms with Crippen molar-refractivity contribution in [3.05, 3.63) is 53.1 Å². The van der Waals surface area contributed by atoms with Gasteiger partial charge >= 0.3 is 6.03 Å². The van der Waals surface area contributed by atoms with Gasteiger partial charge in [-0.1, -0.05) is 23.7 Å². The predicted molar refractivity (Wildman–Crippen MR) is 91.6 cm³/mol. The van der Waals surface area contributed by atoms with E-state index in [1.54, 1.807) is 44.6 Å². The zero-order valence-corrected chi connectivity index (χ0v) is 14.0. The molecule has 0 fully saturated rings. The number of hydrogen-bond donors (Lipinski definition) is 2. The minimum Gasteiger partial charge on any atom is -0.497 e. The quantitative estimate of drug-likeness (QED) is 0.859. The third kappa shape index (κ3) is 4.79. The lowest BCUT2D eigenvalue weighted by Crippen LogP contribution is -2.31. The molecule has 0 aliphatic carbocycles. The summed E-state index contributed by atoms with van der Waals surface area (Å²) >= 11 is 5.86. The number of rotatable bonds is 5. The topological polar surface area (TPSA) is 59.6 Å². The van der Waals surface area contributed by atoms with Gasteiger partial charge in [0.15, 0.2) is 0 Å². The van der Waals surface area contributed by atoms with Gasteiger partial charge in [0, 0.05) is 28.9 Å². The Hall–Kier alpha value is -2.40. The molecule has 2 rings (SSSR count). The second-order valence-electron chi connectivity index (χ2n) is 4.97. The van der Waals surface area contributed by atoms with Gasteiger partial charge < -0.3 is 20.1 Å². The smallest absolute Gasteiger partial charge is 0.319 e. The molecule has 0 aliphatic heterocycles. The Labute approximate surface area is 140 Å². The number of amides is 2. The molecule has 23 heavy (non-hydrogen) atoms. The summed E-state index contributed by atoms with van der Waals surface area (Å²) < 4.78 is 10.4. The Balaban J connectivity index is 2.03. The molecule has 2 amide bonds. The SMILES string of the molecule is COc1cc(NC(=O)N[C@H](C)c2ccc(Cl)cc2)cc(OC)c1. The summed E-state index contributed by atoms with van der Waals surface area (Å²) in [6.07, 6.45) is 0. The third-order valence-electron chi connectivity index (χ3n) is 3.33. The Kier molecular flexibility index (Phi) is 5.71. The minimum atomic E-state index is -0.317. The molecule has 2 N–H and O–H groups in total. The molecule has 0 saturated heterocycles. The Morgan fingerprint density at radius 1 is 1.04 bits per heavy atom. The summed E-state index contributed by atoms with van der Waals surface area (Å²) in [4.78, 5) is 12.1. The first-order valence-electron chi connectivity index (χ1n) is 7.08. The van der Waals surface area contributed by atoms with Crippen LogP contribution in [0.2, 0.25) is 5.02 Å². The van der Waals surface area contributed by atoms with Crippen LogP contribution in [0.5, 0.6) is 11.5 Å². The molecule has 2 aromatic carbocycles. The van der Waals surface area contributed by atoms with E-state index in [9.17, 15) is 4.79 Å². The molecule has 0 radical (unpaired) electrons. The molecule has 122 valence electrons. The summed E-state index contributed by atoms with van der Waals surface area (Å²) in [5.41, 5.74) is 1.55. The molecule has 0 unspecified atom stereocenters. The van der Waals surface area contributed by atoms with Crippen molar-refractivity contribution in [3.8, 4) is 11.5 Å². The summed E-state index contributed by atoms with van der Waals surface area (Å²) in [6, 6.07) is 12.0. The van der Waals surface area contributed by atoms with Crippen molar-refractivity contribution in [2.75, 3.05) is 19.5 Å². The Bertz CT molecular complexity index is 652. The number of methoxy groups -OCH3 is 2. The van der Waals surface area contributed by atoms with Crippen molar-refractivity contribution in [2.24, 2.45) is 0 Å². The van der Waals surface area contributed by atoms with Crippen molar-refractivity contribution in [1.82, 2.24) is 5.32 Å². The number of anilines is 1. The molecule has 6 heteroatoms. The van der Waals surface area contributed by atoms with Gasteiger partial charge in [0.25, 0.3) is 0 Å². The maximum Gasteiger partial charge on any atom is 0.319 e. The van der Waals surface area contributed by atoms with E-state index in [4.69, 9.17) is 21.1 Å². The largest absolute Gasteiger partial charge is 0.497 e. The lowest BCUT2D eigenvalue weighted by atomic mass is 10.1. The van der Waals surface area contributed by atoms with E-state index in [0.29, 0.717) is 22.2 Å². The highest BCUT2D eigenvalue weighted by Crippen LogP contribution is 2.25. The standard InChI is InChI=1S/C17H19ClN2O3/c1-11(12-4-6-13(18)7-5-12)19-17(21)20-14-8-15(22-2)10-16(9-14)23-3/h4-11H,1-3H3,(H2,19,20,21)/t11-/m1/s1. The van der Waals surface area contributed by atoms with Crippen molar-refractivity contribution >= 4 is 23.3 Å². The van der Waals surface area contributed by atoms with Gasteiger partial charge in [-0.2, -0.15) is 0 Å². The van der Waals surface area contributed by atoms with Gasteiger partial charge in [-0.3, -0.25) is 0 Å². The van der Waals surface area contributed by atoms with E-state index in [1.807, 2.05) is 19.1 Å². The van der Waals surface area contributed by atoms with Crippen LogP contribution in [0.4, 0.5) is 10.5 Å². The van der Waals surface area contributed by atoms with Crippen LogP contribution in [0.1, 0.15) is 18.5 Å². The zero-order chi connectivity index (χ0) is 16.8. The van der Waals surface area contributed by atoms with Crippen LogP contribution in [-0.2, 0) is 0 Å². The van der Waals surface area contributed by atoms with Crippen molar-refractivity contribution in [3.63, 3.8) is 0 Å². The average Bonchev–Trinajstić information content (AvgIpc) is 2.54. The van der Waals surface area contributed by atoms with Crippen LogP contribution in [0.3, 0.4) is 0 Å². The highest BCUT2D eigenvalue weighted by atomic mass is 35.5. The molecule has 0 bridgehead atoms. The normalized spacial score (nSPS) is 11.5. The molecule has 1 atom stereocenters. The van der Waals surface area contributed by atoms with Crippen molar-refractivity contribution in [2.45, 2.75) is 13.0 Å². The van der Waals surface area contributed by atoms with Gasteiger partial charge in [0.2, 0.25) is 0 Å². The zero-order valence-electron chi connectivity index (χ0n) is 13.2. The summed E-state index contributed by atoms with van der Waals surface area (Å²) in [5, 5.41) is 6.29. The van der Waals surface area contributed by atoms with Gasteiger partial charge in [-0.25, -0.2) is 4.79 Å². The molecule has 5 nitrogen and oxygen atoms in total. The molecule has 0 aromatic heterocycles. The first-order valence-corrected chi connectivity index (χ1v) is 7.45. The van der Waals surface area contributed by atoms with Crippen molar-refractivity contribution in [1.29, 1.82) is 0 Å². The second-order valence-corrected chi connectivity index (χ2v) is 5.41. The maximum atomic E-state index is 12.1. The third-order valence-corrected chi connectivity index (χ3v) is 3.58. The first-order chi connectivity index (χ1) is 11.0. The number of nitrogens with one attached hydrogen (secondary N) is 2. The van der Waals surface area contributed by atoms with Crippen LogP contribution < -0.4 is 20.1 Å². The molecule has 2 aromatic rings. The maximum absolute atomic E-state index is 12.1. The van der Waals surface area contributed by atoms with E-state index >= 15 is 0 Å². The van der Waals surface area contributed by atoms with Crippen LogP contribution in [0.15, 0.2) is 42.5 Å². The minimum absolute atomic E-state index is 0.153. The van der Waals surface area contributed by atoms with Crippen LogP contribution in [-0.4, -0.2) is 20.3 Å². The predicted octanol–water partition coefficient (Wildman–Crippen LogP) is 4.24. The van der Waals surface area contributed by atoms with E-state index in [2.05, 4.69) is 10.6 Å². The number of ether oxygens (including phenoxy) is 2. The summed E-state index contributed by atoms with van der Waals surface area (Å²) in [5.74, 6) is 1.20. The van der Waals surface area contributed by atoms with Gasteiger partial charge in [0.05, 0.1) is 20.3 Å². The number of carbonyl (C=O) groups is 1. The molecule has 0 aliphatic rings. The van der Waals surface area contributed by atoms with Gasteiger partial charge in [-0.05, 0) is 24.6 Å². The lowest BCUT2D eigenvalue weighted by molar-refractivity contribution is 0.249. The van der Waals surface area contributed by atoms with E-state index in [-0.39, 0.29) is 12.1 Å². The number of urea groups is 1. The highest BCUT2D eigenvalue weighted by Gasteiger charge is 2.11. The van der Waals surface area contributed by atoms with Gasteiger partial charge in [-0.15, -0.1) is 0 Å². The molecule has 0 saturated carbocycles. The lowest BCUT2D eigenvalue weighted by Gasteiger charge is -2.16. The summed E-state index contributed by atoms with van der Waals surface area (Å²) in [7, 11) is 3.11. The number of carbonyl (C=O) groups excluding carboxylic acids is 1. The Morgan fingerprint density at radius 3 is 2.13 bits per heavy atom.